The van der Waals surface area contributed by atoms with Gasteiger partial charge in [0.05, 0.1) is 0 Å². The van der Waals surface area contributed by atoms with E-state index in [0.29, 0.717) is 5.46 Å². The zero-order valence-corrected chi connectivity index (χ0v) is 8.00. The van der Waals surface area contributed by atoms with Gasteiger partial charge in [0, 0.05) is 10.6 Å². The predicted octanol–water partition coefficient (Wildman–Crippen LogP) is 0.644. The number of hydrogen-bond acceptors (Lipinski definition) is 3. The predicted molar refractivity (Wildman–Crippen MR) is 57.2 cm³/mol. The van der Waals surface area contributed by atoms with Crippen LogP contribution in [0.15, 0.2) is 41.8 Å². The van der Waals surface area contributed by atoms with Crippen LogP contribution in [0.2, 0.25) is 0 Å². The van der Waals surface area contributed by atoms with Crippen molar-refractivity contribution in [1.29, 1.82) is 0 Å². The summed E-state index contributed by atoms with van der Waals surface area (Å²) in [6.07, 6.45) is 1.81. The zero-order valence-electron chi connectivity index (χ0n) is 7.18. The van der Waals surface area contributed by atoms with Crippen LogP contribution in [0.5, 0.6) is 0 Å². The van der Waals surface area contributed by atoms with E-state index in [1.807, 2.05) is 12.1 Å². The van der Waals surface area contributed by atoms with Gasteiger partial charge in [-0.15, -0.1) is 18.3 Å². The van der Waals surface area contributed by atoms with Crippen molar-refractivity contribution < 1.29 is 10.0 Å². The summed E-state index contributed by atoms with van der Waals surface area (Å²) in [4.78, 5) is 1.02. The van der Waals surface area contributed by atoms with Gasteiger partial charge in [-0.1, -0.05) is 18.2 Å². The minimum atomic E-state index is -1.38. The van der Waals surface area contributed by atoms with Crippen LogP contribution in [0.3, 0.4) is 0 Å². The van der Waals surface area contributed by atoms with Crippen molar-refractivity contribution in [2.75, 3.05) is 5.75 Å². The second kappa shape index (κ2) is 5.12. The van der Waals surface area contributed by atoms with Crippen LogP contribution in [0.25, 0.3) is 0 Å². The third kappa shape index (κ3) is 3.26. The van der Waals surface area contributed by atoms with Crippen LogP contribution in [0, 0.1) is 0 Å². The third-order valence-electron chi connectivity index (χ3n) is 1.52. The number of thioether (sulfide) groups is 1. The van der Waals surface area contributed by atoms with E-state index in [1.165, 1.54) is 0 Å². The Balaban J connectivity index is 2.73. The molecule has 1 rings (SSSR count). The van der Waals surface area contributed by atoms with E-state index < -0.39 is 7.12 Å². The lowest BCUT2D eigenvalue weighted by Gasteiger charge is -2.02. The molecule has 0 amide bonds. The normalized spacial score (nSPS) is 9.69. The van der Waals surface area contributed by atoms with Crippen LogP contribution in [0.1, 0.15) is 0 Å². The molecule has 13 heavy (non-hydrogen) atoms. The first-order valence-corrected chi connectivity index (χ1v) is 4.92. The van der Waals surface area contributed by atoms with Gasteiger partial charge in [-0.05, 0) is 17.6 Å². The quantitative estimate of drug-likeness (QED) is 0.420. The molecule has 1 aromatic carbocycles. The summed E-state index contributed by atoms with van der Waals surface area (Å²) in [5.41, 5.74) is 0.522. The third-order valence-corrected chi connectivity index (χ3v) is 2.51. The van der Waals surface area contributed by atoms with Gasteiger partial charge >= 0.3 is 7.12 Å². The molecule has 0 unspecified atom stereocenters. The Morgan fingerprint density at radius 3 is 2.85 bits per heavy atom. The van der Waals surface area contributed by atoms with Gasteiger partial charge in [0.1, 0.15) is 0 Å². The van der Waals surface area contributed by atoms with Crippen LogP contribution in [-0.4, -0.2) is 22.9 Å². The van der Waals surface area contributed by atoms with E-state index in [4.69, 9.17) is 10.0 Å². The molecule has 0 radical (unpaired) electrons. The van der Waals surface area contributed by atoms with Gasteiger partial charge in [-0.25, -0.2) is 0 Å². The molecule has 0 bridgehead atoms. The summed E-state index contributed by atoms with van der Waals surface area (Å²) in [5.74, 6) is 0.824. The Morgan fingerprint density at radius 2 is 2.23 bits per heavy atom. The number of benzene rings is 1. The average molecular weight is 194 g/mol. The molecule has 0 aliphatic rings. The maximum Gasteiger partial charge on any atom is 0.488 e. The van der Waals surface area contributed by atoms with Crippen molar-refractivity contribution in [3.63, 3.8) is 0 Å². The topological polar surface area (TPSA) is 40.5 Å². The van der Waals surface area contributed by atoms with Crippen molar-refractivity contribution in [1.82, 2.24) is 0 Å². The van der Waals surface area contributed by atoms with Crippen LogP contribution >= 0.6 is 11.8 Å². The smallest absolute Gasteiger partial charge is 0.423 e. The highest BCUT2D eigenvalue weighted by molar-refractivity contribution is 7.99. The van der Waals surface area contributed by atoms with E-state index in [0.717, 1.165) is 10.6 Å². The standard InChI is InChI=1S/C9H11BO2S/c1-2-6-13-9-5-3-4-8(7-9)10(11)12/h2-5,7,11-12H,1,6H2. The lowest BCUT2D eigenvalue weighted by molar-refractivity contribution is 0.425. The number of hydrogen-bond donors (Lipinski definition) is 2. The highest BCUT2D eigenvalue weighted by Gasteiger charge is 2.10. The molecule has 4 heteroatoms. The molecule has 0 heterocycles. The lowest BCUT2D eigenvalue weighted by Crippen LogP contribution is -2.29. The fourth-order valence-electron chi connectivity index (χ4n) is 0.920. The first kappa shape index (κ1) is 10.4. The molecule has 68 valence electrons. The molecule has 0 saturated carbocycles. The van der Waals surface area contributed by atoms with Crippen molar-refractivity contribution >= 4 is 24.3 Å². The Bertz CT molecular complexity index is 289. The largest absolute Gasteiger partial charge is 0.488 e. The van der Waals surface area contributed by atoms with E-state index in [2.05, 4.69) is 6.58 Å². The summed E-state index contributed by atoms with van der Waals surface area (Å²) in [6, 6.07) is 7.18. The summed E-state index contributed by atoms with van der Waals surface area (Å²) in [6.45, 7) is 3.61. The van der Waals surface area contributed by atoms with Crippen molar-refractivity contribution in [3.8, 4) is 0 Å². The lowest BCUT2D eigenvalue weighted by atomic mass is 9.80. The summed E-state index contributed by atoms with van der Waals surface area (Å²) >= 11 is 1.61. The minimum Gasteiger partial charge on any atom is -0.423 e. The van der Waals surface area contributed by atoms with Crippen molar-refractivity contribution in [2.24, 2.45) is 0 Å². The van der Waals surface area contributed by atoms with Crippen LogP contribution < -0.4 is 5.46 Å². The minimum absolute atomic E-state index is 0.522. The van der Waals surface area contributed by atoms with Gasteiger partial charge < -0.3 is 10.0 Å². The maximum atomic E-state index is 8.90. The molecule has 0 saturated heterocycles. The Morgan fingerprint density at radius 1 is 1.46 bits per heavy atom. The number of rotatable bonds is 4. The molecule has 0 fully saturated rings. The van der Waals surface area contributed by atoms with E-state index in [-0.39, 0.29) is 0 Å². The van der Waals surface area contributed by atoms with Gasteiger partial charge in [-0.2, -0.15) is 0 Å². The summed E-state index contributed by atoms with van der Waals surface area (Å²) in [7, 11) is -1.38. The molecule has 1 aromatic rings. The first-order valence-electron chi connectivity index (χ1n) is 3.94. The monoisotopic (exact) mass is 194 g/mol. The van der Waals surface area contributed by atoms with Gasteiger partial charge in [-0.3, -0.25) is 0 Å². The molecule has 0 aliphatic carbocycles. The zero-order chi connectivity index (χ0) is 9.68. The maximum absolute atomic E-state index is 8.90. The first-order chi connectivity index (χ1) is 6.24. The summed E-state index contributed by atoms with van der Waals surface area (Å²) < 4.78 is 0. The average Bonchev–Trinajstić information content (AvgIpc) is 2.15. The van der Waals surface area contributed by atoms with Gasteiger partial charge in [0.15, 0.2) is 0 Å². The molecule has 0 aliphatic heterocycles. The summed E-state index contributed by atoms with van der Waals surface area (Å²) in [5, 5.41) is 17.8. The fraction of sp³-hybridized carbons (Fsp3) is 0.111. The van der Waals surface area contributed by atoms with Gasteiger partial charge in [0.2, 0.25) is 0 Å². The molecular weight excluding hydrogens is 183 g/mol. The van der Waals surface area contributed by atoms with Crippen molar-refractivity contribution in [2.45, 2.75) is 4.90 Å². The van der Waals surface area contributed by atoms with Crippen molar-refractivity contribution in [3.05, 3.63) is 36.9 Å². The van der Waals surface area contributed by atoms with Crippen LogP contribution in [0.4, 0.5) is 0 Å². The van der Waals surface area contributed by atoms with Gasteiger partial charge in [0.25, 0.3) is 0 Å². The second-order valence-electron chi connectivity index (χ2n) is 2.55. The van der Waals surface area contributed by atoms with E-state index in [9.17, 15) is 0 Å². The molecule has 2 nitrogen and oxygen atoms in total. The molecule has 0 atom stereocenters. The highest BCUT2D eigenvalue weighted by Crippen LogP contribution is 2.15. The molecule has 0 spiro atoms. The molecule has 2 N–H and O–H groups in total. The SMILES string of the molecule is C=CCSc1cccc(B(O)O)c1. The second-order valence-corrected chi connectivity index (χ2v) is 3.64. The fourth-order valence-corrected chi connectivity index (χ4v) is 1.62. The Kier molecular flexibility index (Phi) is 4.08. The molecule has 0 aromatic heterocycles. The Hall–Kier alpha value is -0.705. The molecular formula is C9H11BO2S. The highest BCUT2D eigenvalue weighted by atomic mass is 32.2. The Labute approximate surface area is 82.4 Å². The van der Waals surface area contributed by atoms with E-state index >= 15 is 0 Å². The van der Waals surface area contributed by atoms with Crippen LogP contribution in [-0.2, 0) is 0 Å². The van der Waals surface area contributed by atoms with E-state index in [1.54, 1.807) is 30.0 Å².